The highest BCUT2D eigenvalue weighted by Crippen LogP contribution is 2.41. The molecule has 1 aromatic carbocycles. The molecule has 0 aliphatic carbocycles. The summed E-state index contributed by atoms with van der Waals surface area (Å²) in [6.07, 6.45) is 2.82. The molecule has 2 aliphatic heterocycles. The number of carboxylic acids is 1. The van der Waals surface area contributed by atoms with E-state index in [4.69, 9.17) is 27.9 Å². The van der Waals surface area contributed by atoms with Crippen LogP contribution in [0.1, 0.15) is 19.3 Å². The van der Waals surface area contributed by atoms with Crippen molar-refractivity contribution in [2.24, 2.45) is 5.92 Å². The van der Waals surface area contributed by atoms with E-state index in [-0.39, 0.29) is 12.0 Å². The molecule has 3 rings (SSSR count). The van der Waals surface area contributed by atoms with Gasteiger partial charge in [0.25, 0.3) is 0 Å². The molecule has 1 aromatic rings. The van der Waals surface area contributed by atoms with Gasteiger partial charge in [-0.15, -0.1) is 0 Å². The maximum absolute atomic E-state index is 11.2. The number of fused-ring (bicyclic) bond motifs is 2. The Morgan fingerprint density at radius 2 is 2.19 bits per heavy atom. The number of rotatable bonds is 5. The molecule has 0 amide bonds. The minimum absolute atomic E-state index is 0.158. The van der Waals surface area contributed by atoms with Crippen LogP contribution in [0.2, 0.25) is 10.0 Å². The topological polar surface area (TPSA) is 49.8 Å². The van der Waals surface area contributed by atoms with Crippen LogP contribution in [0.5, 0.6) is 5.75 Å². The lowest BCUT2D eigenvalue weighted by Crippen LogP contribution is -2.35. The molecule has 2 heterocycles. The van der Waals surface area contributed by atoms with Crippen LogP contribution in [0.3, 0.4) is 0 Å². The Labute approximate surface area is 133 Å². The molecule has 2 fully saturated rings. The molecule has 1 N–H and O–H groups in total. The first-order chi connectivity index (χ1) is 10.1. The highest BCUT2D eigenvalue weighted by molar-refractivity contribution is 6.34. The van der Waals surface area contributed by atoms with E-state index in [2.05, 4.69) is 4.90 Å². The fourth-order valence-corrected chi connectivity index (χ4v) is 3.90. The van der Waals surface area contributed by atoms with E-state index in [0.29, 0.717) is 28.4 Å². The van der Waals surface area contributed by atoms with E-state index in [9.17, 15) is 9.90 Å². The quantitative estimate of drug-likeness (QED) is 0.900. The predicted molar refractivity (Wildman–Crippen MR) is 81.2 cm³/mol. The van der Waals surface area contributed by atoms with Gasteiger partial charge in [0, 0.05) is 29.7 Å². The fourth-order valence-electron chi connectivity index (χ4n) is 3.56. The van der Waals surface area contributed by atoms with Crippen molar-refractivity contribution in [2.75, 3.05) is 13.2 Å². The van der Waals surface area contributed by atoms with E-state index >= 15 is 0 Å². The molecule has 0 radical (unpaired) electrons. The third kappa shape index (κ3) is 2.98. The van der Waals surface area contributed by atoms with E-state index in [1.165, 1.54) is 0 Å². The zero-order valence-corrected chi connectivity index (χ0v) is 13.0. The smallest absolute Gasteiger partial charge is 0.308 e. The summed E-state index contributed by atoms with van der Waals surface area (Å²) in [7, 11) is 0. The van der Waals surface area contributed by atoms with E-state index in [1.807, 2.05) is 0 Å². The van der Waals surface area contributed by atoms with Crippen molar-refractivity contribution in [1.29, 1.82) is 0 Å². The minimum Gasteiger partial charge on any atom is -0.491 e. The maximum Gasteiger partial charge on any atom is 0.308 e. The minimum atomic E-state index is -0.675. The van der Waals surface area contributed by atoms with Gasteiger partial charge in [0.2, 0.25) is 0 Å². The molecule has 0 spiro atoms. The van der Waals surface area contributed by atoms with Gasteiger partial charge in [0.15, 0.2) is 0 Å². The second-order valence-electron chi connectivity index (χ2n) is 5.64. The number of carbonyl (C=O) groups is 1. The number of carboxylic acid groups (broad SMARTS) is 1. The molecule has 0 saturated carbocycles. The molecule has 0 aromatic heterocycles. The highest BCUT2D eigenvalue weighted by atomic mass is 35.5. The van der Waals surface area contributed by atoms with Crippen LogP contribution in [-0.2, 0) is 4.79 Å². The Hall–Kier alpha value is -0.970. The van der Waals surface area contributed by atoms with Gasteiger partial charge in [-0.25, -0.2) is 0 Å². The van der Waals surface area contributed by atoms with Crippen LogP contribution >= 0.6 is 23.2 Å². The van der Waals surface area contributed by atoms with E-state index in [1.54, 1.807) is 18.2 Å². The molecular formula is C15H17Cl2NO3. The molecule has 3 unspecified atom stereocenters. The van der Waals surface area contributed by atoms with Crippen molar-refractivity contribution in [3.63, 3.8) is 0 Å². The normalized spacial score (nSPS) is 28.0. The third-order valence-corrected chi connectivity index (χ3v) is 5.05. The summed E-state index contributed by atoms with van der Waals surface area (Å²) >= 11 is 12.0. The van der Waals surface area contributed by atoms with Gasteiger partial charge in [-0.2, -0.15) is 0 Å². The largest absolute Gasteiger partial charge is 0.491 e. The van der Waals surface area contributed by atoms with Gasteiger partial charge in [0.05, 0.1) is 10.9 Å². The summed E-state index contributed by atoms with van der Waals surface area (Å²) in [6.45, 7) is 1.21. The molecular weight excluding hydrogens is 313 g/mol. The first kappa shape index (κ1) is 14.9. The monoisotopic (exact) mass is 329 g/mol. The van der Waals surface area contributed by atoms with Crippen LogP contribution in [0.4, 0.5) is 0 Å². The fraction of sp³-hybridized carbons (Fsp3) is 0.533. The van der Waals surface area contributed by atoms with Crippen molar-refractivity contribution >= 4 is 29.2 Å². The number of aliphatic carboxylic acids is 1. The van der Waals surface area contributed by atoms with Crippen molar-refractivity contribution < 1.29 is 14.6 Å². The maximum atomic E-state index is 11.2. The SMILES string of the molecule is O=C(O)C1CC2CCC1N2CCOc1cc(Cl)ccc1Cl. The molecule has 3 atom stereocenters. The average molecular weight is 330 g/mol. The Bertz CT molecular complexity index is 552. The van der Waals surface area contributed by atoms with Crippen LogP contribution in [-0.4, -0.2) is 41.2 Å². The van der Waals surface area contributed by atoms with Crippen LogP contribution in [0.25, 0.3) is 0 Å². The zero-order valence-electron chi connectivity index (χ0n) is 11.5. The molecule has 4 nitrogen and oxygen atoms in total. The number of halogens is 2. The predicted octanol–water partition coefficient (Wildman–Crippen LogP) is 3.31. The van der Waals surface area contributed by atoms with Gasteiger partial charge >= 0.3 is 5.97 Å². The lowest BCUT2D eigenvalue weighted by Gasteiger charge is -2.22. The number of hydrogen-bond acceptors (Lipinski definition) is 3. The van der Waals surface area contributed by atoms with Crippen LogP contribution in [0.15, 0.2) is 18.2 Å². The highest BCUT2D eigenvalue weighted by Gasteiger charge is 2.48. The third-order valence-electron chi connectivity index (χ3n) is 4.50. The van der Waals surface area contributed by atoms with Crippen molar-refractivity contribution in [3.8, 4) is 5.75 Å². The summed E-state index contributed by atoms with van der Waals surface area (Å²) in [5.41, 5.74) is 0. The molecule has 2 saturated heterocycles. The first-order valence-corrected chi connectivity index (χ1v) is 7.88. The van der Waals surface area contributed by atoms with Crippen molar-refractivity contribution in [2.45, 2.75) is 31.3 Å². The Kier molecular flexibility index (Phi) is 4.29. The molecule has 21 heavy (non-hydrogen) atoms. The van der Waals surface area contributed by atoms with Gasteiger partial charge < -0.3 is 9.84 Å². The van der Waals surface area contributed by atoms with Crippen LogP contribution < -0.4 is 4.74 Å². The summed E-state index contributed by atoms with van der Waals surface area (Å²) in [6, 6.07) is 5.66. The van der Waals surface area contributed by atoms with Crippen molar-refractivity contribution in [1.82, 2.24) is 4.90 Å². The standard InChI is InChI=1S/C15H17Cl2NO3/c16-9-1-3-12(17)14(7-9)21-6-5-18-10-2-4-13(18)11(8-10)15(19)20/h1,3,7,10-11,13H,2,4-6,8H2,(H,19,20). The molecule has 114 valence electrons. The Balaban J connectivity index is 1.57. The Morgan fingerprint density at radius 1 is 1.38 bits per heavy atom. The number of nitrogens with zero attached hydrogens (tertiary/aromatic N) is 1. The number of benzene rings is 1. The van der Waals surface area contributed by atoms with Gasteiger partial charge in [-0.1, -0.05) is 23.2 Å². The lowest BCUT2D eigenvalue weighted by atomic mass is 9.89. The van der Waals surface area contributed by atoms with Crippen LogP contribution in [0, 0.1) is 5.92 Å². The van der Waals surface area contributed by atoms with E-state index in [0.717, 1.165) is 25.8 Å². The lowest BCUT2D eigenvalue weighted by molar-refractivity contribution is -0.142. The summed E-state index contributed by atoms with van der Waals surface area (Å²) in [4.78, 5) is 13.5. The number of ether oxygens (including phenoxy) is 1. The van der Waals surface area contributed by atoms with Crippen molar-refractivity contribution in [3.05, 3.63) is 28.2 Å². The molecule has 2 aliphatic rings. The zero-order chi connectivity index (χ0) is 15.0. The molecule has 6 heteroatoms. The van der Waals surface area contributed by atoms with Gasteiger partial charge in [0.1, 0.15) is 12.4 Å². The second-order valence-corrected chi connectivity index (χ2v) is 6.48. The first-order valence-electron chi connectivity index (χ1n) is 7.12. The van der Waals surface area contributed by atoms with E-state index < -0.39 is 5.97 Å². The summed E-state index contributed by atoms with van der Waals surface area (Å²) in [5, 5.41) is 10.4. The number of hydrogen-bond donors (Lipinski definition) is 1. The summed E-state index contributed by atoms with van der Waals surface area (Å²) in [5.74, 6) is -0.324. The average Bonchev–Trinajstić information content (AvgIpc) is 3.00. The van der Waals surface area contributed by atoms with Gasteiger partial charge in [-0.3, -0.25) is 9.69 Å². The molecule has 2 bridgehead atoms. The van der Waals surface area contributed by atoms with Gasteiger partial charge in [-0.05, 0) is 31.4 Å². The summed E-state index contributed by atoms with van der Waals surface area (Å²) < 4.78 is 5.69. The second kappa shape index (κ2) is 6.03. The Morgan fingerprint density at radius 3 is 2.90 bits per heavy atom.